The molecule has 0 aliphatic heterocycles. The molecule has 1 aliphatic carbocycles. The number of benzene rings is 1. The topological polar surface area (TPSA) is 28.7 Å². The summed E-state index contributed by atoms with van der Waals surface area (Å²) in [6, 6.07) is 13.5. The third-order valence-corrected chi connectivity index (χ3v) is 5.53. The summed E-state index contributed by atoms with van der Waals surface area (Å²) in [5.41, 5.74) is 6.61. The Morgan fingerprint density at radius 2 is 1.83 bits per heavy atom. The van der Waals surface area contributed by atoms with Gasteiger partial charge in [-0.25, -0.2) is 4.98 Å². The predicted octanol–water partition coefficient (Wildman–Crippen LogP) is 5.70. The smallest absolute Gasteiger partial charge is 0.137 e. The van der Waals surface area contributed by atoms with E-state index in [1.165, 1.54) is 53.5 Å². The number of hydrogen-bond donors (Lipinski definition) is 1. The minimum absolute atomic E-state index is 0.610. The zero-order valence-corrected chi connectivity index (χ0v) is 14.7. The SMILES string of the molecule is Cc1cc(C)cc(C(Cc2cc3cccnc3[nH]2)C2CCCC2)c1. The summed E-state index contributed by atoms with van der Waals surface area (Å²) in [4.78, 5) is 7.99. The van der Waals surface area contributed by atoms with Crippen LogP contribution in [-0.2, 0) is 6.42 Å². The van der Waals surface area contributed by atoms with E-state index >= 15 is 0 Å². The Hall–Kier alpha value is -2.09. The average Bonchev–Trinajstić information content (AvgIpc) is 3.20. The number of nitrogens with zero attached hydrogens (tertiary/aromatic N) is 1. The van der Waals surface area contributed by atoms with E-state index in [-0.39, 0.29) is 0 Å². The number of pyridine rings is 1. The Bertz CT molecular complexity index is 787. The van der Waals surface area contributed by atoms with Crippen molar-refractivity contribution in [2.45, 2.75) is 51.9 Å². The second kappa shape index (κ2) is 6.43. The molecule has 1 fully saturated rings. The van der Waals surface area contributed by atoms with Crippen molar-refractivity contribution in [3.8, 4) is 0 Å². The van der Waals surface area contributed by atoms with Crippen molar-refractivity contribution in [1.29, 1.82) is 0 Å². The maximum atomic E-state index is 4.45. The first-order valence-electron chi connectivity index (χ1n) is 9.20. The number of rotatable bonds is 4. The average molecular weight is 318 g/mol. The highest BCUT2D eigenvalue weighted by molar-refractivity contribution is 5.76. The van der Waals surface area contributed by atoms with Crippen LogP contribution in [0.2, 0.25) is 0 Å². The summed E-state index contributed by atoms with van der Waals surface area (Å²) in [6.07, 6.45) is 8.47. The number of aromatic nitrogens is 2. The zero-order chi connectivity index (χ0) is 16.5. The first-order chi connectivity index (χ1) is 11.7. The molecule has 1 aliphatic rings. The van der Waals surface area contributed by atoms with E-state index in [2.05, 4.69) is 54.1 Å². The van der Waals surface area contributed by atoms with E-state index in [4.69, 9.17) is 0 Å². The van der Waals surface area contributed by atoms with Gasteiger partial charge >= 0.3 is 0 Å². The van der Waals surface area contributed by atoms with E-state index in [0.29, 0.717) is 5.92 Å². The molecule has 1 N–H and O–H groups in total. The quantitative estimate of drug-likeness (QED) is 0.657. The van der Waals surface area contributed by atoms with Gasteiger partial charge in [-0.15, -0.1) is 0 Å². The minimum atomic E-state index is 0.610. The van der Waals surface area contributed by atoms with Crippen molar-refractivity contribution in [1.82, 2.24) is 9.97 Å². The fraction of sp³-hybridized carbons (Fsp3) is 0.409. The van der Waals surface area contributed by atoms with Gasteiger partial charge in [0, 0.05) is 17.3 Å². The molecule has 1 atom stereocenters. The number of hydrogen-bond acceptors (Lipinski definition) is 1. The highest BCUT2D eigenvalue weighted by atomic mass is 14.8. The highest BCUT2D eigenvalue weighted by Gasteiger charge is 2.27. The molecule has 24 heavy (non-hydrogen) atoms. The minimum Gasteiger partial charge on any atom is -0.343 e. The van der Waals surface area contributed by atoms with Crippen LogP contribution in [0.25, 0.3) is 11.0 Å². The van der Waals surface area contributed by atoms with Crippen LogP contribution in [0.15, 0.2) is 42.6 Å². The van der Waals surface area contributed by atoms with Crippen LogP contribution in [-0.4, -0.2) is 9.97 Å². The number of H-pyrrole nitrogens is 1. The molecule has 1 saturated carbocycles. The lowest BCUT2D eigenvalue weighted by atomic mass is 9.80. The van der Waals surface area contributed by atoms with E-state index in [1.54, 1.807) is 0 Å². The number of fused-ring (bicyclic) bond motifs is 1. The Balaban J connectivity index is 1.69. The van der Waals surface area contributed by atoms with Crippen molar-refractivity contribution in [3.05, 3.63) is 65.0 Å². The summed E-state index contributed by atoms with van der Waals surface area (Å²) in [5.74, 6) is 1.42. The van der Waals surface area contributed by atoms with Crippen molar-refractivity contribution in [3.63, 3.8) is 0 Å². The maximum absolute atomic E-state index is 4.45. The molecular formula is C22H26N2. The molecule has 1 aromatic carbocycles. The fourth-order valence-corrected chi connectivity index (χ4v) is 4.50. The molecule has 2 heterocycles. The van der Waals surface area contributed by atoms with Gasteiger partial charge in [-0.2, -0.15) is 0 Å². The first kappa shape index (κ1) is 15.4. The van der Waals surface area contributed by atoms with Crippen molar-refractivity contribution in [2.75, 3.05) is 0 Å². The van der Waals surface area contributed by atoms with Crippen molar-refractivity contribution in [2.24, 2.45) is 5.92 Å². The lowest BCUT2D eigenvalue weighted by Gasteiger charge is -2.24. The first-order valence-corrected chi connectivity index (χ1v) is 9.20. The molecule has 0 spiro atoms. The van der Waals surface area contributed by atoms with Crippen molar-refractivity contribution < 1.29 is 0 Å². The Morgan fingerprint density at radius 3 is 2.54 bits per heavy atom. The van der Waals surface area contributed by atoms with Crippen LogP contribution < -0.4 is 0 Å². The zero-order valence-electron chi connectivity index (χ0n) is 14.7. The van der Waals surface area contributed by atoms with Gasteiger partial charge < -0.3 is 4.98 Å². The largest absolute Gasteiger partial charge is 0.343 e. The molecule has 0 amide bonds. The van der Waals surface area contributed by atoms with Gasteiger partial charge in [0.15, 0.2) is 0 Å². The molecule has 2 aromatic heterocycles. The van der Waals surface area contributed by atoms with Crippen LogP contribution in [0, 0.1) is 19.8 Å². The van der Waals surface area contributed by atoms with Crippen LogP contribution in [0.4, 0.5) is 0 Å². The third-order valence-electron chi connectivity index (χ3n) is 5.53. The van der Waals surface area contributed by atoms with Crippen LogP contribution >= 0.6 is 0 Å². The van der Waals surface area contributed by atoms with Gasteiger partial charge in [0.05, 0.1) is 0 Å². The van der Waals surface area contributed by atoms with Crippen LogP contribution in [0.5, 0.6) is 0 Å². The van der Waals surface area contributed by atoms with Crippen LogP contribution in [0.1, 0.15) is 54.0 Å². The Morgan fingerprint density at radius 1 is 1.08 bits per heavy atom. The number of aromatic amines is 1. The van der Waals surface area contributed by atoms with Gasteiger partial charge in [0.1, 0.15) is 5.65 Å². The second-order valence-electron chi connectivity index (χ2n) is 7.51. The molecule has 0 bridgehead atoms. The van der Waals surface area contributed by atoms with Gasteiger partial charge in [-0.1, -0.05) is 42.2 Å². The van der Waals surface area contributed by atoms with Gasteiger partial charge in [-0.05, 0) is 68.7 Å². The van der Waals surface area contributed by atoms with Gasteiger partial charge in [0.25, 0.3) is 0 Å². The summed E-state index contributed by atoms with van der Waals surface area (Å²) in [5, 5.41) is 1.22. The summed E-state index contributed by atoms with van der Waals surface area (Å²) < 4.78 is 0. The molecule has 0 radical (unpaired) electrons. The standard InChI is InChI=1S/C22H26N2/c1-15-10-16(2)12-19(11-15)21(17-6-3-4-7-17)14-20-13-18-8-5-9-23-22(18)24-20/h5,8-13,17,21H,3-4,6-7,14H2,1-2H3,(H,23,24). The van der Waals surface area contributed by atoms with Crippen LogP contribution in [0.3, 0.4) is 0 Å². The fourth-order valence-electron chi connectivity index (χ4n) is 4.50. The summed E-state index contributed by atoms with van der Waals surface area (Å²) in [7, 11) is 0. The number of aryl methyl sites for hydroxylation is 2. The normalized spacial score (nSPS) is 16.8. The van der Waals surface area contributed by atoms with E-state index in [1.807, 2.05) is 12.3 Å². The highest BCUT2D eigenvalue weighted by Crippen LogP contribution is 2.40. The molecule has 0 saturated heterocycles. The van der Waals surface area contributed by atoms with E-state index in [0.717, 1.165) is 18.0 Å². The monoisotopic (exact) mass is 318 g/mol. The van der Waals surface area contributed by atoms with Crippen molar-refractivity contribution >= 4 is 11.0 Å². The summed E-state index contributed by atoms with van der Waals surface area (Å²) in [6.45, 7) is 4.43. The Kier molecular flexibility index (Phi) is 4.13. The third kappa shape index (κ3) is 3.10. The summed E-state index contributed by atoms with van der Waals surface area (Å²) >= 11 is 0. The molecule has 2 heteroatoms. The van der Waals surface area contributed by atoms with Gasteiger partial charge in [-0.3, -0.25) is 0 Å². The Labute approximate surface area is 144 Å². The second-order valence-corrected chi connectivity index (χ2v) is 7.51. The molecule has 4 rings (SSSR count). The molecule has 3 aromatic rings. The lowest BCUT2D eigenvalue weighted by molar-refractivity contribution is 0.429. The molecule has 2 nitrogen and oxygen atoms in total. The lowest BCUT2D eigenvalue weighted by Crippen LogP contribution is -2.13. The van der Waals surface area contributed by atoms with Gasteiger partial charge in [0.2, 0.25) is 0 Å². The van der Waals surface area contributed by atoms with E-state index in [9.17, 15) is 0 Å². The molecule has 124 valence electrons. The maximum Gasteiger partial charge on any atom is 0.137 e. The van der Waals surface area contributed by atoms with E-state index < -0.39 is 0 Å². The molecule has 1 unspecified atom stereocenters. The predicted molar refractivity (Wildman–Crippen MR) is 100 cm³/mol. The molecular weight excluding hydrogens is 292 g/mol. The number of nitrogens with one attached hydrogen (secondary N) is 1.